The van der Waals surface area contributed by atoms with Gasteiger partial charge >= 0.3 is 0 Å². The van der Waals surface area contributed by atoms with Gasteiger partial charge in [0.1, 0.15) is 9.79 Å². The molecule has 7 nitrogen and oxygen atoms in total. The third-order valence-electron chi connectivity index (χ3n) is 4.57. The molecule has 1 aliphatic rings. The first-order valence-corrected chi connectivity index (χ1v) is 11.5. The molecule has 0 spiro atoms. The molecule has 1 N–H and O–H groups in total. The Morgan fingerprint density at radius 2 is 1.28 bits per heavy atom. The third kappa shape index (κ3) is 3.08. The number of nitrogens with one attached hydrogen (secondary N) is 1. The summed E-state index contributed by atoms with van der Waals surface area (Å²) in [6, 6.07) is 18.2. The van der Waals surface area contributed by atoms with Gasteiger partial charge in [-0.3, -0.25) is 4.79 Å². The molecule has 4 rings (SSSR count). The molecule has 0 fully saturated rings. The van der Waals surface area contributed by atoms with Crippen molar-refractivity contribution in [2.75, 3.05) is 9.03 Å². The molecule has 0 radical (unpaired) electrons. The summed E-state index contributed by atoms with van der Waals surface area (Å²) < 4.78 is 51.5. The van der Waals surface area contributed by atoms with Crippen LogP contribution in [0.2, 0.25) is 0 Å². The summed E-state index contributed by atoms with van der Waals surface area (Å²) in [6.07, 6.45) is 0. The molecular weight excluding hydrogens is 412 g/mol. The molecule has 0 unspecified atom stereocenters. The Kier molecular flexibility index (Phi) is 4.44. The molecular formula is C20H16N2O5S2. The second-order valence-corrected chi connectivity index (χ2v) is 10.2. The zero-order chi connectivity index (χ0) is 20.8. The lowest BCUT2D eigenvalue weighted by Crippen LogP contribution is -2.30. The van der Waals surface area contributed by atoms with E-state index in [-0.39, 0.29) is 21.4 Å². The van der Waals surface area contributed by atoms with E-state index in [2.05, 4.69) is 5.32 Å². The second-order valence-electron chi connectivity index (χ2n) is 6.47. The molecule has 0 atom stereocenters. The van der Waals surface area contributed by atoms with Gasteiger partial charge in [0.05, 0.1) is 5.69 Å². The van der Waals surface area contributed by atoms with Crippen molar-refractivity contribution in [3.63, 3.8) is 0 Å². The SMILES string of the molecule is Cc1ccccc1C(=O)Nc1ccc(N2S(=O)(=O)c3ccccc3S2(=O)=O)cc1. The van der Waals surface area contributed by atoms with Gasteiger partial charge in [-0.1, -0.05) is 30.3 Å². The maximum Gasteiger partial charge on any atom is 0.279 e. The van der Waals surface area contributed by atoms with Gasteiger partial charge in [-0.2, -0.15) is 20.5 Å². The molecule has 0 saturated carbocycles. The zero-order valence-electron chi connectivity index (χ0n) is 15.2. The summed E-state index contributed by atoms with van der Waals surface area (Å²) in [5.74, 6) is -0.315. The minimum atomic E-state index is -4.23. The van der Waals surface area contributed by atoms with Crippen molar-refractivity contribution >= 4 is 37.3 Å². The summed E-state index contributed by atoms with van der Waals surface area (Å²) in [4.78, 5) is 11.9. The first kappa shape index (κ1) is 19.2. The number of benzene rings is 3. The first-order chi connectivity index (χ1) is 13.7. The summed E-state index contributed by atoms with van der Waals surface area (Å²) in [5.41, 5.74) is 1.70. The number of nitrogens with zero attached hydrogens (tertiary/aromatic N) is 1. The molecule has 3 aromatic rings. The van der Waals surface area contributed by atoms with E-state index >= 15 is 0 Å². The van der Waals surface area contributed by atoms with Crippen LogP contribution >= 0.6 is 0 Å². The Bertz CT molecular complexity index is 1280. The number of aryl methyl sites for hydroxylation is 1. The Hall–Kier alpha value is -3.17. The Morgan fingerprint density at radius 3 is 1.83 bits per heavy atom. The van der Waals surface area contributed by atoms with Crippen LogP contribution < -0.4 is 9.03 Å². The van der Waals surface area contributed by atoms with Crippen molar-refractivity contribution in [2.24, 2.45) is 0 Å². The molecule has 1 aliphatic heterocycles. The summed E-state index contributed by atoms with van der Waals surface area (Å²) in [6.45, 7) is 1.82. The van der Waals surface area contributed by atoms with Crippen LogP contribution in [0, 0.1) is 6.92 Å². The fourth-order valence-corrected chi connectivity index (χ4v) is 7.60. The van der Waals surface area contributed by atoms with E-state index in [0.29, 0.717) is 15.0 Å². The van der Waals surface area contributed by atoms with Crippen molar-refractivity contribution in [3.05, 3.63) is 83.9 Å². The Labute approximate surface area is 168 Å². The van der Waals surface area contributed by atoms with E-state index in [4.69, 9.17) is 0 Å². The van der Waals surface area contributed by atoms with Crippen LogP contribution in [0.1, 0.15) is 15.9 Å². The fourth-order valence-electron chi connectivity index (χ4n) is 3.15. The lowest BCUT2D eigenvalue weighted by Gasteiger charge is -2.16. The smallest absolute Gasteiger partial charge is 0.279 e. The van der Waals surface area contributed by atoms with E-state index in [1.54, 1.807) is 12.1 Å². The van der Waals surface area contributed by atoms with Gasteiger partial charge in [0.15, 0.2) is 0 Å². The molecule has 0 bridgehead atoms. The maximum absolute atomic E-state index is 12.8. The molecule has 29 heavy (non-hydrogen) atoms. The molecule has 1 amide bonds. The average molecular weight is 428 g/mol. The predicted octanol–water partition coefficient (Wildman–Crippen LogP) is 3.14. The number of hydrogen-bond donors (Lipinski definition) is 1. The number of carbonyl (C=O) groups excluding carboxylic acids is 1. The summed E-state index contributed by atoms with van der Waals surface area (Å²) in [5, 5.41) is 2.72. The molecule has 148 valence electrons. The number of anilines is 2. The molecule has 0 aliphatic carbocycles. The number of fused-ring (bicyclic) bond motifs is 1. The quantitative estimate of drug-likeness (QED) is 0.691. The van der Waals surface area contributed by atoms with Gasteiger partial charge in [0.2, 0.25) is 0 Å². The van der Waals surface area contributed by atoms with Crippen LogP contribution in [0.5, 0.6) is 0 Å². The summed E-state index contributed by atoms with van der Waals surface area (Å²) in [7, 11) is -8.47. The standard InChI is InChI=1S/C20H16N2O5S2/c1-14-6-2-3-7-17(14)20(23)21-15-10-12-16(13-11-15)22-28(24,25)18-8-4-5-9-19(18)29(22,26)27/h2-13H,1H3,(H,21,23). The topological polar surface area (TPSA) is 101 Å². The van der Waals surface area contributed by atoms with E-state index in [1.165, 1.54) is 48.5 Å². The molecule has 9 heteroatoms. The van der Waals surface area contributed by atoms with Crippen molar-refractivity contribution in [1.82, 2.24) is 0 Å². The lowest BCUT2D eigenvalue weighted by molar-refractivity contribution is 0.102. The number of rotatable bonds is 3. The largest absolute Gasteiger partial charge is 0.322 e. The van der Waals surface area contributed by atoms with Gasteiger partial charge in [-0.25, -0.2) is 0 Å². The Morgan fingerprint density at radius 1 is 0.759 bits per heavy atom. The lowest BCUT2D eigenvalue weighted by atomic mass is 10.1. The van der Waals surface area contributed by atoms with Gasteiger partial charge in [-0.15, -0.1) is 0 Å². The van der Waals surface area contributed by atoms with Crippen molar-refractivity contribution in [2.45, 2.75) is 16.7 Å². The van der Waals surface area contributed by atoms with E-state index in [0.717, 1.165) is 5.56 Å². The number of sulfonamides is 2. The van der Waals surface area contributed by atoms with Gasteiger partial charge in [0, 0.05) is 11.3 Å². The van der Waals surface area contributed by atoms with Crippen molar-refractivity contribution < 1.29 is 21.6 Å². The highest BCUT2D eigenvalue weighted by atomic mass is 32.3. The highest BCUT2D eigenvalue weighted by molar-refractivity contribution is 8.12. The van der Waals surface area contributed by atoms with Crippen LogP contribution in [-0.2, 0) is 20.0 Å². The van der Waals surface area contributed by atoms with E-state index in [1.807, 2.05) is 19.1 Å². The predicted molar refractivity (Wildman–Crippen MR) is 109 cm³/mol. The van der Waals surface area contributed by atoms with Gasteiger partial charge in [-0.05, 0) is 55.0 Å². The maximum atomic E-state index is 12.8. The van der Waals surface area contributed by atoms with Crippen molar-refractivity contribution in [3.8, 4) is 0 Å². The normalized spacial score (nSPS) is 16.2. The molecule has 1 heterocycles. The van der Waals surface area contributed by atoms with Crippen LogP contribution in [0.4, 0.5) is 11.4 Å². The minimum absolute atomic E-state index is 0.0323. The number of carbonyl (C=O) groups is 1. The Balaban J connectivity index is 1.65. The molecule has 0 aromatic heterocycles. The zero-order valence-corrected chi connectivity index (χ0v) is 16.9. The van der Waals surface area contributed by atoms with Crippen LogP contribution in [-0.4, -0.2) is 22.7 Å². The highest BCUT2D eigenvalue weighted by Crippen LogP contribution is 2.40. The highest BCUT2D eigenvalue weighted by Gasteiger charge is 2.47. The fraction of sp³-hybridized carbons (Fsp3) is 0.0500. The van der Waals surface area contributed by atoms with Gasteiger partial charge in [0.25, 0.3) is 26.0 Å². The minimum Gasteiger partial charge on any atom is -0.322 e. The first-order valence-electron chi connectivity index (χ1n) is 8.59. The van der Waals surface area contributed by atoms with Crippen molar-refractivity contribution in [1.29, 1.82) is 0 Å². The van der Waals surface area contributed by atoms with Crippen LogP contribution in [0.3, 0.4) is 0 Å². The van der Waals surface area contributed by atoms with Crippen LogP contribution in [0.25, 0.3) is 0 Å². The monoisotopic (exact) mass is 428 g/mol. The average Bonchev–Trinajstić information content (AvgIpc) is 2.85. The van der Waals surface area contributed by atoms with E-state index in [9.17, 15) is 21.6 Å². The summed E-state index contributed by atoms with van der Waals surface area (Å²) >= 11 is 0. The third-order valence-corrected chi connectivity index (χ3v) is 8.99. The molecule has 3 aromatic carbocycles. The second kappa shape index (κ2) is 6.71. The number of amides is 1. The molecule has 0 saturated heterocycles. The van der Waals surface area contributed by atoms with E-state index < -0.39 is 20.0 Å². The van der Waals surface area contributed by atoms with Crippen LogP contribution in [0.15, 0.2) is 82.6 Å². The number of hydrogen-bond acceptors (Lipinski definition) is 5. The van der Waals surface area contributed by atoms with Gasteiger partial charge < -0.3 is 5.32 Å².